The fraction of sp³-hybridized carbons (Fsp3) is 0.600. The van der Waals surface area contributed by atoms with Crippen LogP contribution in [0, 0.1) is 5.92 Å². The molecule has 3 N–H and O–H groups in total. The third-order valence-corrected chi connectivity index (χ3v) is 3.07. The summed E-state index contributed by atoms with van der Waals surface area (Å²) in [5, 5.41) is 3.85. The van der Waals surface area contributed by atoms with Gasteiger partial charge in [0.15, 0.2) is 5.82 Å². The van der Waals surface area contributed by atoms with E-state index >= 15 is 0 Å². The highest BCUT2D eigenvalue weighted by Crippen LogP contribution is 2.29. The van der Waals surface area contributed by atoms with Gasteiger partial charge < -0.3 is 11.1 Å². The number of anilines is 2. The zero-order valence-electron chi connectivity index (χ0n) is 8.70. The van der Waals surface area contributed by atoms with E-state index in [9.17, 15) is 0 Å². The number of hydrogen-bond donors (Lipinski definition) is 2. The van der Waals surface area contributed by atoms with E-state index in [1.54, 1.807) is 0 Å². The molecule has 5 heteroatoms. The van der Waals surface area contributed by atoms with Gasteiger partial charge in [0.1, 0.15) is 5.02 Å². The second kappa shape index (κ2) is 4.23. The first-order chi connectivity index (χ1) is 7.15. The Kier molecular flexibility index (Phi) is 2.95. The quantitative estimate of drug-likeness (QED) is 0.813. The minimum atomic E-state index is 0.257. The first-order valence-corrected chi connectivity index (χ1v) is 5.57. The van der Waals surface area contributed by atoms with Gasteiger partial charge >= 0.3 is 0 Å². The van der Waals surface area contributed by atoms with Crippen LogP contribution in [0.5, 0.6) is 0 Å². The summed E-state index contributed by atoms with van der Waals surface area (Å²) in [7, 11) is 0. The summed E-state index contributed by atoms with van der Waals surface area (Å²) in [5.74, 6) is 1.69. The zero-order valence-corrected chi connectivity index (χ0v) is 9.46. The molecule has 2 rings (SSSR count). The van der Waals surface area contributed by atoms with E-state index < -0.39 is 0 Å². The molecule has 1 aliphatic rings. The maximum atomic E-state index is 5.97. The molecule has 4 nitrogen and oxygen atoms in total. The molecule has 2 unspecified atom stereocenters. The van der Waals surface area contributed by atoms with Crippen molar-refractivity contribution >= 4 is 23.4 Å². The van der Waals surface area contributed by atoms with E-state index in [2.05, 4.69) is 22.2 Å². The van der Waals surface area contributed by atoms with Crippen LogP contribution >= 0.6 is 11.6 Å². The molecular weight excluding hydrogens is 212 g/mol. The van der Waals surface area contributed by atoms with Gasteiger partial charge in [-0.2, -0.15) is 4.98 Å². The number of rotatable bonds is 2. The summed E-state index contributed by atoms with van der Waals surface area (Å²) in [6.07, 6.45) is 5.13. The second-order valence-electron chi connectivity index (χ2n) is 4.18. The molecule has 1 aliphatic carbocycles. The average Bonchev–Trinajstić information content (AvgIpc) is 2.58. The second-order valence-corrected chi connectivity index (χ2v) is 4.59. The number of hydrogen-bond acceptors (Lipinski definition) is 4. The lowest BCUT2D eigenvalue weighted by molar-refractivity contribution is 0.602. The molecular formula is C10H15ClN4. The maximum absolute atomic E-state index is 5.97. The third kappa shape index (κ3) is 2.50. The normalized spacial score (nSPS) is 25.5. The Labute approximate surface area is 94.2 Å². The van der Waals surface area contributed by atoms with Gasteiger partial charge in [0, 0.05) is 6.04 Å². The van der Waals surface area contributed by atoms with Crippen molar-refractivity contribution in [3.05, 3.63) is 11.2 Å². The molecule has 0 saturated heterocycles. The summed E-state index contributed by atoms with van der Waals surface area (Å²) in [6, 6.07) is 0.465. The Morgan fingerprint density at radius 1 is 1.53 bits per heavy atom. The Morgan fingerprint density at radius 2 is 2.33 bits per heavy atom. The minimum absolute atomic E-state index is 0.257. The van der Waals surface area contributed by atoms with Crippen molar-refractivity contribution in [3.8, 4) is 0 Å². The molecule has 15 heavy (non-hydrogen) atoms. The van der Waals surface area contributed by atoms with Gasteiger partial charge in [0.05, 0.1) is 6.20 Å². The number of nitrogens with one attached hydrogen (secondary N) is 1. The van der Waals surface area contributed by atoms with Crippen LogP contribution in [0.4, 0.5) is 11.8 Å². The molecule has 1 saturated carbocycles. The van der Waals surface area contributed by atoms with Crippen LogP contribution in [0.25, 0.3) is 0 Å². The lowest BCUT2D eigenvalue weighted by Crippen LogP contribution is -2.17. The van der Waals surface area contributed by atoms with Gasteiger partial charge in [-0.3, -0.25) is 0 Å². The number of halogens is 1. The topological polar surface area (TPSA) is 63.8 Å². The third-order valence-electron chi connectivity index (χ3n) is 2.80. The molecule has 0 amide bonds. The van der Waals surface area contributed by atoms with E-state index in [-0.39, 0.29) is 5.95 Å². The fourth-order valence-corrected chi connectivity index (χ4v) is 2.16. The van der Waals surface area contributed by atoms with Crippen molar-refractivity contribution in [1.29, 1.82) is 0 Å². The fourth-order valence-electron chi connectivity index (χ4n) is 2.01. The van der Waals surface area contributed by atoms with E-state index in [0.29, 0.717) is 16.9 Å². The van der Waals surface area contributed by atoms with Crippen LogP contribution in [-0.2, 0) is 0 Å². The summed E-state index contributed by atoms with van der Waals surface area (Å²) in [5.41, 5.74) is 5.51. The van der Waals surface area contributed by atoms with Gasteiger partial charge in [-0.25, -0.2) is 4.98 Å². The Morgan fingerprint density at radius 3 is 3.00 bits per heavy atom. The standard InChI is InChI=1S/C10H15ClN4/c1-6-2-3-7(4-6)14-9-8(11)5-13-10(12)15-9/h5-7H,2-4H2,1H3,(H3,12,13,14,15). The lowest BCUT2D eigenvalue weighted by atomic mass is 10.1. The van der Waals surface area contributed by atoms with Gasteiger partial charge in [0.25, 0.3) is 0 Å². The zero-order chi connectivity index (χ0) is 10.8. The van der Waals surface area contributed by atoms with Crippen LogP contribution in [0.3, 0.4) is 0 Å². The maximum Gasteiger partial charge on any atom is 0.222 e. The molecule has 0 radical (unpaired) electrons. The summed E-state index contributed by atoms with van der Waals surface area (Å²) in [4.78, 5) is 7.91. The highest BCUT2D eigenvalue weighted by Gasteiger charge is 2.22. The van der Waals surface area contributed by atoms with Crippen LogP contribution in [0.1, 0.15) is 26.2 Å². The number of aromatic nitrogens is 2. The van der Waals surface area contributed by atoms with Crippen molar-refractivity contribution < 1.29 is 0 Å². The van der Waals surface area contributed by atoms with Crippen molar-refractivity contribution in [2.75, 3.05) is 11.1 Å². The number of nitrogens with two attached hydrogens (primary N) is 1. The summed E-state index contributed by atoms with van der Waals surface area (Å²) >= 11 is 5.97. The highest BCUT2D eigenvalue weighted by atomic mass is 35.5. The van der Waals surface area contributed by atoms with Crippen LogP contribution in [-0.4, -0.2) is 16.0 Å². The smallest absolute Gasteiger partial charge is 0.222 e. The Hall–Kier alpha value is -1.03. The molecule has 0 bridgehead atoms. The molecule has 0 aliphatic heterocycles. The lowest BCUT2D eigenvalue weighted by Gasteiger charge is -2.14. The van der Waals surface area contributed by atoms with E-state index in [0.717, 1.165) is 5.92 Å². The molecule has 82 valence electrons. The van der Waals surface area contributed by atoms with Gasteiger partial charge in [-0.1, -0.05) is 18.5 Å². The van der Waals surface area contributed by atoms with Crippen molar-refractivity contribution in [2.45, 2.75) is 32.2 Å². The van der Waals surface area contributed by atoms with Gasteiger partial charge in [0.2, 0.25) is 5.95 Å². The van der Waals surface area contributed by atoms with Crippen molar-refractivity contribution in [1.82, 2.24) is 9.97 Å². The van der Waals surface area contributed by atoms with Crippen LogP contribution < -0.4 is 11.1 Å². The Balaban J connectivity index is 2.07. The number of nitrogen functional groups attached to an aromatic ring is 1. The predicted octanol–water partition coefficient (Wildman–Crippen LogP) is 2.31. The van der Waals surface area contributed by atoms with E-state index in [1.807, 2.05) is 0 Å². The summed E-state index contributed by atoms with van der Waals surface area (Å²) < 4.78 is 0. The largest absolute Gasteiger partial charge is 0.368 e. The van der Waals surface area contributed by atoms with Gasteiger partial charge in [-0.05, 0) is 25.2 Å². The Bertz CT molecular complexity index is 355. The first kappa shape index (κ1) is 10.5. The molecule has 1 heterocycles. The van der Waals surface area contributed by atoms with Crippen LogP contribution in [0.15, 0.2) is 6.20 Å². The van der Waals surface area contributed by atoms with Crippen molar-refractivity contribution in [3.63, 3.8) is 0 Å². The molecule has 0 aromatic carbocycles. The van der Waals surface area contributed by atoms with E-state index in [1.165, 1.54) is 25.5 Å². The summed E-state index contributed by atoms with van der Waals surface area (Å²) in [6.45, 7) is 2.26. The molecule has 1 fully saturated rings. The molecule has 1 aromatic heterocycles. The highest BCUT2D eigenvalue weighted by molar-refractivity contribution is 6.32. The molecule has 1 aromatic rings. The van der Waals surface area contributed by atoms with Crippen LogP contribution in [0.2, 0.25) is 5.02 Å². The van der Waals surface area contributed by atoms with Gasteiger partial charge in [-0.15, -0.1) is 0 Å². The SMILES string of the molecule is CC1CCC(Nc2nc(N)ncc2Cl)C1. The minimum Gasteiger partial charge on any atom is -0.368 e. The molecule has 0 spiro atoms. The van der Waals surface area contributed by atoms with Crippen molar-refractivity contribution in [2.24, 2.45) is 5.92 Å². The average molecular weight is 227 g/mol. The number of nitrogens with zero attached hydrogens (tertiary/aromatic N) is 2. The van der Waals surface area contributed by atoms with E-state index in [4.69, 9.17) is 17.3 Å². The monoisotopic (exact) mass is 226 g/mol. The molecule has 2 atom stereocenters. The predicted molar refractivity (Wildman–Crippen MR) is 61.9 cm³/mol. The first-order valence-electron chi connectivity index (χ1n) is 5.19.